The van der Waals surface area contributed by atoms with Gasteiger partial charge in [0.2, 0.25) is 5.91 Å². The molecule has 6 nitrogen and oxygen atoms in total. The van der Waals surface area contributed by atoms with Crippen molar-refractivity contribution in [1.82, 2.24) is 10.1 Å². The Balaban J connectivity index is 1.56. The molecule has 116 valence electrons. The summed E-state index contributed by atoms with van der Waals surface area (Å²) in [6, 6.07) is 13.1. The number of benzene rings is 1. The molecule has 1 aliphatic rings. The van der Waals surface area contributed by atoms with E-state index in [1.165, 1.54) is 0 Å². The quantitative estimate of drug-likeness (QED) is 0.700. The molecule has 1 saturated heterocycles. The minimum atomic E-state index is -0.0846. The second kappa shape index (κ2) is 5.66. The van der Waals surface area contributed by atoms with Crippen LogP contribution < -0.4 is 4.90 Å². The molecule has 0 radical (unpaired) electrons. The second-order valence-electron chi connectivity index (χ2n) is 5.30. The SMILES string of the molecule is O=C1CC(c2noc(-c3ccc(Br)o3)n2)CN1c1ccccc1. The van der Waals surface area contributed by atoms with Crippen LogP contribution in [0, 0.1) is 0 Å². The Hall–Kier alpha value is -2.41. The van der Waals surface area contributed by atoms with Crippen molar-refractivity contribution in [2.45, 2.75) is 12.3 Å². The molecule has 0 N–H and O–H groups in total. The first-order valence-corrected chi connectivity index (χ1v) is 7.95. The zero-order valence-electron chi connectivity index (χ0n) is 12.0. The van der Waals surface area contributed by atoms with Crippen LogP contribution in [-0.2, 0) is 4.79 Å². The Morgan fingerprint density at radius 1 is 1.17 bits per heavy atom. The van der Waals surface area contributed by atoms with E-state index >= 15 is 0 Å². The summed E-state index contributed by atoms with van der Waals surface area (Å²) in [4.78, 5) is 18.4. The van der Waals surface area contributed by atoms with Gasteiger partial charge in [0.15, 0.2) is 16.3 Å². The van der Waals surface area contributed by atoms with Gasteiger partial charge < -0.3 is 13.8 Å². The molecule has 1 aromatic carbocycles. The number of furan rings is 1. The molecular weight excluding hydrogens is 362 g/mol. The Kier molecular flexibility index (Phi) is 3.49. The number of amides is 1. The van der Waals surface area contributed by atoms with Gasteiger partial charge in [-0.15, -0.1) is 0 Å². The van der Waals surface area contributed by atoms with Gasteiger partial charge in [0.1, 0.15) is 0 Å². The molecule has 0 bridgehead atoms. The van der Waals surface area contributed by atoms with Gasteiger partial charge in [-0.1, -0.05) is 23.4 Å². The lowest BCUT2D eigenvalue weighted by Crippen LogP contribution is -2.24. The number of rotatable bonds is 3. The fraction of sp³-hybridized carbons (Fsp3) is 0.188. The summed E-state index contributed by atoms with van der Waals surface area (Å²) >= 11 is 3.24. The maximum atomic E-state index is 12.3. The van der Waals surface area contributed by atoms with Crippen molar-refractivity contribution in [2.75, 3.05) is 11.4 Å². The highest BCUT2D eigenvalue weighted by Gasteiger charge is 2.34. The normalized spacial score (nSPS) is 17.9. The number of para-hydroxylation sites is 1. The van der Waals surface area contributed by atoms with Crippen LogP contribution in [0.25, 0.3) is 11.7 Å². The van der Waals surface area contributed by atoms with Crippen molar-refractivity contribution in [2.24, 2.45) is 0 Å². The lowest BCUT2D eigenvalue weighted by molar-refractivity contribution is -0.117. The van der Waals surface area contributed by atoms with Crippen LogP contribution in [-0.4, -0.2) is 22.6 Å². The Bertz CT molecular complexity index is 843. The molecule has 1 atom stereocenters. The van der Waals surface area contributed by atoms with E-state index in [-0.39, 0.29) is 11.8 Å². The Morgan fingerprint density at radius 3 is 2.74 bits per heavy atom. The van der Waals surface area contributed by atoms with Gasteiger partial charge in [-0.3, -0.25) is 4.79 Å². The van der Waals surface area contributed by atoms with Crippen molar-refractivity contribution in [3.63, 3.8) is 0 Å². The molecule has 0 saturated carbocycles. The van der Waals surface area contributed by atoms with Gasteiger partial charge in [0, 0.05) is 24.6 Å². The lowest BCUT2D eigenvalue weighted by atomic mass is 10.1. The summed E-state index contributed by atoms with van der Waals surface area (Å²) in [6.45, 7) is 0.545. The average molecular weight is 374 g/mol. The molecule has 3 heterocycles. The zero-order valence-corrected chi connectivity index (χ0v) is 13.6. The molecule has 1 fully saturated rings. The van der Waals surface area contributed by atoms with Crippen LogP contribution in [0.2, 0.25) is 0 Å². The van der Waals surface area contributed by atoms with Crippen LogP contribution in [0.15, 0.2) is 56.1 Å². The van der Waals surface area contributed by atoms with Gasteiger partial charge in [-0.2, -0.15) is 4.98 Å². The first-order chi connectivity index (χ1) is 11.2. The average Bonchev–Trinajstić information content (AvgIpc) is 3.27. The second-order valence-corrected chi connectivity index (χ2v) is 6.08. The third-order valence-electron chi connectivity index (χ3n) is 3.78. The zero-order chi connectivity index (χ0) is 15.8. The van der Waals surface area contributed by atoms with Gasteiger partial charge >= 0.3 is 0 Å². The van der Waals surface area contributed by atoms with E-state index in [0.29, 0.717) is 35.1 Å². The van der Waals surface area contributed by atoms with Crippen LogP contribution in [0.5, 0.6) is 0 Å². The molecule has 2 aromatic heterocycles. The molecule has 0 aliphatic carbocycles. The predicted octanol–water partition coefficient (Wildman–Crippen LogP) is 3.61. The maximum absolute atomic E-state index is 12.3. The van der Waals surface area contributed by atoms with E-state index in [0.717, 1.165) is 5.69 Å². The van der Waals surface area contributed by atoms with Crippen LogP contribution in [0.1, 0.15) is 18.2 Å². The Morgan fingerprint density at radius 2 is 2.00 bits per heavy atom. The molecule has 1 aliphatic heterocycles. The summed E-state index contributed by atoms with van der Waals surface area (Å²) in [6.07, 6.45) is 0.371. The fourth-order valence-corrected chi connectivity index (χ4v) is 2.97. The molecule has 4 rings (SSSR count). The topological polar surface area (TPSA) is 72.4 Å². The van der Waals surface area contributed by atoms with Crippen molar-refractivity contribution < 1.29 is 13.7 Å². The number of aromatic nitrogens is 2. The van der Waals surface area contributed by atoms with Crippen molar-refractivity contribution in [3.8, 4) is 11.7 Å². The highest BCUT2D eigenvalue weighted by Crippen LogP contribution is 2.32. The minimum Gasteiger partial charge on any atom is -0.444 e. The summed E-state index contributed by atoms with van der Waals surface area (Å²) in [7, 11) is 0. The lowest BCUT2D eigenvalue weighted by Gasteiger charge is -2.15. The van der Waals surface area contributed by atoms with E-state index in [2.05, 4.69) is 26.1 Å². The molecule has 7 heteroatoms. The molecule has 23 heavy (non-hydrogen) atoms. The summed E-state index contributed by atoms with van der Waals surface area (Å²) < 4.78 is 11.2. The van der Waals surface area contributed by atoms with Crippen molar-refractivity contribution in [3.05, 3.63) is 53.0 Å². The molecule has 1 unspecified atom stereocenters. The number of nitrogens with zero attached hydrogens (tertiary/aromatic N) is 3. The van der Waals surface area contributed by atoms with E-state index < -0.39 is 0 Å². The highest BCUT2D eigenvalue weighted by atomic mass is 79.9. The number of anilines is 1. The smallest absolute Gasteiger partial charge is 0.293 e. The van der Waals surface area contributed by atoms with Crippen molar-refractivity contribution in [1.29, 1.82) is 0 Å². The first kappa shape index (κ1) is 14.2. The van der Waals surface area contributed by atoms with Crippen LogP contribution in [0.3, 0.4) is 0 Å². The number of hydrogen-bond acceptors (Lipinski definition) is 5. The number of hydrogen-bond donors (Lipinski definition) is 0. The molecule has 1 amide bonds. The highest BCUT2D eigenvalue weighted by molar-refractivity contribution is 9.10. The molecular formula is C16H12BrN3O3. The Labute approximate surface area is 140 Å². The standard InChI is InChI=1S/C16H12BrN3O3/c17-13-7-6-12(22-13)16-18-15(19-23-16)10-8-14(21)20(9-10)11-4-2-1-3-5-11/h1-7,10H,8-9H2. The fourth-order valence-electron chi connectivity index (χ4n) is 2.67. The van der Waals surface area contributed by atoms with Crippen LogP contribution in [0.4, 0.5) is 5.69 Å². The third kappa shape index (κ3) is 2.68. The van der Waals surface area contributed by atoms with E-state index in [4.69, 9.17) is 8.94 Å². The van der Waals surface area contributed by atoms with Gasteiger partial charge in [0.05, 0.1) is 0 Å². The van der Waals surface area contributed by atoms with Gasteiger partial charge in [-0.25, -0.2) is 0 Å². The monoisotopic (exact) mass is 373 g/mol. The van der Waals surface area contributed by atoms with E-state index in [9.17, 15) is 4.79 Å². The van der Waals surface area contributed by atoms with E-state index in [1.807, 2.05) is 30.3 Å². The number of halogens is 1. The maximum Gasteiger partial charge on any atom is 0.293 e. The largest absolute Gasteiger partial charge is 0.444 e. The van der Waals surface area contributed by atoms with Crippen molar-refractivity contribution >= 4 is 27.5 Å². The van der Waals surface area contributed by atoms with Crippen LogP contribution >= 0.6 is 15.9 Å². The van der Waals surface area contributed by atoms with Gasteiger partial charge in [0.25, 0.3) is 5.89 Å². The number of carbonyl (C=O) groups is 1. The predicted molar refractivity (Wildman–Crippen MR) is 85.9 cm³/mol. The first-order valence-electron chi connectivity index (χ1n) is 7.15. The third-order valence-corrected chi connectivity index (χ3v) is 4.21. The minimum absolute atomic E-state index is 0.0632. The van der Waals surface area contributed by atoms with Gasteiger partial charge in [-0.05, 0) is 40.2 Å². The summed E-state index contributed by atoms with van der Waals surface area (Å²) in [5.41, 5.74) is 0.888. The molecule has 3 aromatic rings. The van der Waals surface area contributed by atoms with E-state index in [1.54, 1.807) is 17.0 Å². The summed E-state index contributed by atoms with van der Waals surface area (Å²) in [5.74, 6) is 1.32. The summed E-state index contributed by atoms with van der Waals surface area (Å²) in [5, 5.41) is 4.01. The number of carbonyl (C=O) groups excluding carboxylic acids is 1. The molecule has 0 spiro atoms.